The Hall–Kier alpha value is -1.36. The van der Waals surface area contributed by atoms with Crippen LogP contribution >= 0.6 is 0 Å². The van der Waals surface area contributed by atoms with Gasteiger partial charge in [-0.2, -0.15) is 0 Å². The molecule has 3 N–H and O–H groups in total. The predicted molar refractivity (Wildman–Crippen MR) is 72.7 cm³/mol. The van der Waals surface area contributed by atoms with Crippen LogP contribution in [0.3, 0.4) is 0 Å². The van der Waals surface area contributed by atoms with Crippen LogP contribution in [0.4, 0.5) is 5.82 Å². The van der Waals surface area contributed by atoms with E-state index in [2.05, 4.69) is 10.3 Å². The zero-order valence-corrected chi connectivity index (χ0v) is 11.4. The minimum atomic E-state index is -0.235. The molecule has 0 aromatic carbocycles. The van der Waals surface area contributed by atoms with Gasteiger partial charge in [0, 0.05) is 24.5 Å². The second-order valence-corrected chi connectivity index (χ2v) is 6.18. The molecular formula is C13H22N4O. The van der Waals surface area contributed by atoms with Crippen molar-refractivity contribution < 1.29 is 0 Å². The molecule has 0 radical (unpaired) electrons. The van der Waals surface area contributed by atoms with Crippen LogP contribution in [-0.4, -0.2) is 22.6 Å². The number of nitrogens with two attached hydrogens (primary N) is 1. The second-order valence-electron chi connectivity index (χ2n) is 6.18. The lowest BCUT2D eigenvalue weighted by Crippen LogP contribution is -2.36. The Kier molecular flexibility index (Phi) is 3.19. The minimum absolute atomic E-state index is 0.0715. The molecule has 1 aromatic heterocycles. The number of nitrogens with zero attached hydrogens (tertiary/aromatic N) is 2. The molecule has 5 heteroatoms. The summed E-state index contributed by atoms with van der Waals surface area (Å²) in [6, 6.07) is 0. The van der Waals surface area contributed by atoms with E-state index in [1.165, 1.54) is 0 Å². The third-order valence-electron chi connectivity index (χ3n) is 3.58. The summed E-state index contributed by atoms with van der Waals surface area (Å²) in [4.78, 5) is 16.4. The lowest BCUT2D eigenvalue weighted by Gasteiger charge is -2.23. The van der Waals surface area contributed by atoms with E-state index in [9.17, 15) is 4.79 Å². The van der Waals surface area contributed by atoms with E-state index in [4.69, 9.17) is 5.73 Å². The molecule has 0 amide bonds. The van der Waals surface area contributed by atoms with E-state index in [0.29, 0.717) is 12.4 Å². The molecule has 0 spiro atoms. The molecule has 100 valence electrons. The molecule has 0 saturated heterocycles. The summed E-state index contributed by atoms with van der Waals surface area (Å²) in [5.74, 6) is 0.423. The maximum absolute atomic E-state index is 12.2. The topological polar surface area (TPSA) is 72.9 Å². The molecule has 1 fully saturated rings. The molecule has 0 bridgehead atoms. The summed E-state index contributed by atoms with van der Waals surface area (Å²) in [5, 5.41) is 3.15. The van der Waals surface area contributed by atoms with Gasteiger partial charge in [0.2, 0.25) is 0 Å². The van der Waals surface area contributed by atoms with Crippen LogP contribution in [0, 0.1) is 5.41 Å². The Labute approximate surface area is 107 Å². The Bertz CT molecular complexity index is 482. The number of rotatable bonds is 4. The van der Waals surface area contributed by atoms with Crippen LogP contribution in [0.25, 0.3) is 0 Å². The van der Waals surface area contributed by atoms with Gasteiger partial charge in [0.25, 0.3) is 5.56 Å². The van der Waals surface area contributed by atoms with E-state index < -0.39 is 0 Å². The van der Waals surface area contributed by atoms with Crippen molar-refractivity contribution >= 4 is 5.82 Å². The van der Waals surface area contributed by atoms with Gasteiger partial charge in [-0.15, -0.1) is 0 Å². The smallest absolute Gasteiger partial charge is 0.293 e. The van der Waals surface area contributed by atoms with Crippen molar-refractivity contribution in [3.05, 3.63) is 22.7 Å². The largest absolute Gasteiger partial charge is 0.365 e. The molecule has 0 atom stereocenters. The second kappa shape index (κ2) is 4.39. The van der Waals surface area contributed by atoms with E-state index in [1.807, 2.05) is 20.8 Å². The van der Waals surface area contributed by atoms with Crippen molar-refractivity contribution in [3.8, 4) is 0 Å². The summed E-state index contributed by atoms with van der Waals surface area (Å²) in [6.07, 6.45) is 5.66. The van der Waals surface area contributed by atoms with Gasteiger partial charge in [-0.25, -0.2) is 4.98 Å². The number of nitrogens with one attached hydrogen (secondary N) is 1. The first-order valence-corrected chi connectivity index (χ1v) is 6.40. The van der Waals surface area contributed by atoms with Crippen LogP contribution in [0.2, 0.25) is 0 Å². The molecule has 1 saturated carbocycles. The fourth-order valence-electron chi connectivity index (χ4n) is 1.96. The molecule has 0 aliphatic heterocycles. The van der Waals surface area contributed by atoms with Crippen LogP contribution in [0.15, 0.2) is 17.2 Å². The highest BCUT2D eigenvalue weighted by molar-refractivity contribution is 5.32. The monoisotopic (exact) mass is 250 g/mol. The number of hydrogen-bond donors (Lipinski definition) is 2. The Morgan fingerprint density at radius 3 is 2.67 bits per heavy atom. The highest BCUT2D eigenvalue weighted by Crippen LogP contribution is 2.44. The van der Waals surface area contributed by atoms with Crippen LogP contribution < -0.4 is 16.6 Å². The van der Waals surface area contributed by atoms with Crippen LogP contribution in [0.5, 0.6) is 0 Å². The van der Waals surface area contributed by atoms with Gasteiger partial charge < -0.3 is 15.6 Å². The van der Waals surface area contributed by atoms with Gasteiger partial charge in [0.05, 0.1) is 0 Å². The maximum atomic E-state index is 12.2. The minimum Gasteiger partial charge on any atom is -0.365 e. The van der Waals surface area contributed by atoms with E-state index >= 15 is 0 Å². The lowest BCUT2D eigenvalue weighted by atomic mass is 10.1. The van der Waals surface area contributed by atoms with Crippen molar-refractivity contribution in [3.63, 3.8) is 0 Å². The predicted octanol–water partition coefficient (Wildman–Crippen LogP) is 1.15. The number of anilines is 1. The summed E-state index contributed by atoms with van der Waals surface area (Å²) in [5.41, 5.74) is 5.61. The maximum Gasteiger partial charge on any atom is 0.293 e. The Morgan fingerprint density at radius 1 is 1.50 bits per heavy atom. The third kappa shape index (κ3) is 2.56. The first kappa shape index (κ1) is 13.1. The molecule has 1 heterocycles. The van der Waals surface area contributed by atoms with Gasteiger partial charge in [-0.3, -0.25) is 4.79 Å². The molecule has 2 rings (SSSR count). The van der Waals surface area contributed by atoms with Crippen LogP contribution in [-0.2, 0) is 5.54 Å². The van der Waals surface area contributed by atoms with Gasteiger partial charge in [-0.05, 0) is 45.6 Å². The summed E-state index contributed by atoms with van der Waals surface area (Å²) in [6.45, 7) is 7.40. The van der Waals surface area contributed by atoms with Crippen molar-refractivity contribution in [2.75, 3.05) is 18.4 Å². The van der Waals surface area contributed by atoms with Crippen molar-refractivity contribution in [1.29, 1.82) is 0 Å². The van der Waals surface area contributed by atoms with Gasteiger partial charge in [-0.1, -0.05) is 0 Å². The van der Waals surface area contributed by atoms with E-state index in [-0.39, 0.29) is 16.5 Å². The number of hydrogen-bond acceptors (Lipinski definition) is 4. The fraction of sp³-hybridized carbons (Fsp3) is 0.692. The normalized spacial score (nSPS) is 17.6. The highest BCUT2D eigenvalue weighted by Gasteiger charge is 2.41. The van der Waals surface area contributed by atoms with Gasteiger partial charge >= 0.3 is 0 Å². The molecule has 18 heavy (non-hydrogen) atoms. The zero-order valence-electron chi connectivity index (χ0n) is 11.4. The van der Waals surface area contributed by atoms with E-state index in [1.54, 1.807) is 17.0 Å². The quantitative estimate of drug-likeness (QED) is 0.840. The average molecular weight is 250 g/mol. The highest BCUT2D eigenvalue weighted by atomic mass is 16.1. The molecule has 5 nitrogen and oxygen atoms in total. The average Bonchev–Trinajstić information content (AvgIpc) is 3.07. The third-order valence-corrected chi connectivity index (χ3v) is 3.58. The molecule has 0 unspecified atom stereocenters. The van der Waals surface area contributed by atoms with Crippen molar-refractivity contribution in [1.82, 2.24) is 9.55 Å². The van der Waals surface area contributed by atoms with Crippen molar-refractivity contribution in [2.45, 2.75) is 39.2 Å². The Morgan fingerprint density at radius 2 is 2.17 bits per heavy atom. The first-order valence-electron chi connectivity index (χ1n) is 6.40. The standard InChI is InChI=1S/C13H22N4O/c1-12(2,3)17-7-6-15-10(11(17)18)16-9-13(8-14)4-5-13/h6-7H,4-5,8-9,14H2,1-3H3,(H,15,16). The molecular weight excluding hydrogens is 228 g/mol. The molecule has 1 aliphatic carbocycles. The van der Waals surface area contributed by atoms with Crippen LogP contribution in [0.1, 0.15) is 33.6 Å². The van der Waals surface area contributed by atoms with Crippen molar-refractivity contribution in [2.24, 2.45) is 11.1 Å². The SMILES string of the molecule is CC(C)(C)n1ccnc(NCC2(CN)CC2)c1=O. The summed E-state index contributed by atoms with van der Waals surface area (Å²) >= 11 is 0. The van der Waals surface area contributed by atoms with Gasteiger partial charge in [0.15, 0.2) is 5.82 Å². The first-order chi connectivity index (χ1) is 8.38. The summed E-state index contributed by atoms with van der Waals surface area (Å²) in [7, 11) is 0. The number of aromatic nitrogens is 2. The fourth-order valence-corrected chi connectivity index (χ4v) is 1.96. The van der Waals surface area contributed by atoms with Gasteiger partial charge in [0.1, 0.15) is 0 Å². The molecule has 1 aliphatic rings. The molecule has 1 aromatic rings. The lowest BCUT2D eigenvalue weighted by molar-refractivity contribution is 0.383. The van der Waals surface area contributed by atoms with E-state index in [0.717, 1.165) is 19.4 Å². The summed E-state index contributed by atoms with van der Waals surface area (Å²) < 4.78 is 1.70. The zero-order chi connectivity index (χ0) is 13.4. The Balaban J connectivity index is 2.17.